The summed E-state index contributed by atoms with van der Waals surface area (Å²) < 4.78 is 19.8. The van der Waals surface area contributed by atoms with Gasteiger partial charge in [-0.15, -0.1) is 0 Å². The van der Waals surface area contributed by atoms with Crippen LogP contribution in [0.25, 0.3) is 0 Å². The highest BCUT2D eigenvalue weighted by atomic mass is 19.1. The Morgan fingerprint density at radius 1 is 1.31 bits per heavy atom. The van der Waals surface area contributed by atoms with E-state index in [9.17, 15) is 14.5 Å². The highest BCUT2D eigenvalue weighted by molar-refractivity contribution is 5.81. The van der Waals surface area contributed by atoms with E-state index in [0.717, 1.165) is 0 Å². The molecule has 0 saturated carbocycles. The Morgan fingerprint density at radius 2 is 2.04 bits per heavy atom. The molecule has 0 unspecified atom stereocenters. The lowest BCUT2D eigenvalue weighted by molar-refractivity contribution is -0.385. The molecule has 0 bridgehead atoms. The van der Waals surface area contributed by atoms with Crippen molar-refractivity contribution in [1.82, 2.24) is 9.66 Å². The number of halogens is 1. The topological polar surface area (TPSA) is 109 Å². The highest BCUT2D eigenvalue weighted by Gasteiger charge is 2.16. The molecule has 0 aliphatic heterocycles. The highest BCUT2D eigenvalue weighted by Crippen LogP contribution is 2.32. The second-order valence-corrected chi connectivity index (χ2v) is 5.37. The van der Waals surface area contributed by atoms with E-state index in [-0.39, 0.29) is 23.1 Å². The summed E-state index contributed by atoms with van der Waals surface area (Å²) >= 11 is 0. The van der Waals surface area contributed by atoms with Crippen LogP contribution in [0.5, 0.6) is 11.5 Å². The lowest BCUT2D eigenvalue weighted by Crippen LogP contribution is -1.98. The van der Waals surface area contributed by atoms with Gasteiger partial charge in [-0.3, -0.25) is 10.1 Å². The molecule has 0 aliphatic carbocycles. The standard InChI is InChI=1S/C17H14FN5O3/c1-11-10-22(17(19)21-11)20-9-12-2-7-16(15(8-12)23(24)25)26-14-5-3-13(18)4-6-14/h2-10H,1H3,(H2,19,21). The van der Waals surface area contributed by atoms with Crippen molar-refractivity contribution in [3.8, 4) is 11.5 Å². The van der Waals surface area contributed by atoms with E-state index in [2.05, 4.69) is 10.1 Å². The van der Waals surface area contributed by atoms with Crippen molar-refractivity contribution in [2.75, 3.05) is 5.73 Å². The number of nitrogens with zero attached hydrogens (tertiary/aromatic N) is 4. The number of anilines is 1. The van der Waals surface area contributed by atoms with Crippen molar-refractivity contribution >= 4 is 17.9 Å². The van der Waals surface area contributed by atoms with E-state index in [1.54, 1.807) is 19.2 Å². The Kier molecular flexibility index (Phi) is 4.61. The number of aromatic nitrogens is 2. The fraction of sp³-hybridized carbons (Fsp3) is 0.0588. The van der Waals surface area contributed by atoms with Crippen LogP contribution < -0.4 is 10.5 Å². The summed E-state index contributed by atoms with van der Waals surface area (Å²) in [7, 11) is 0. The number of aryl methyl sites for hydroxylation is 1. The Labute approximate surface area is 147 Å². The van der Waals surface area contributed by atoms with Gasteiger partial charge in [-0.25, -0.2) is 14.1 Å². The van der Waals surface area contributed by atoms with E-state index in [1.165, 1.54) is 47.3 Å². The SMILES string of the molecule is Cc1cn(N=Cc2ccc(Oc3ccc(F)cc3)c([N+](=O)[O-])c2)c(N)n1. The predicted octanol–water partition coefficient (Wildman–Crippen LogP) is 3.50. The summed E-state index contributed by atoms with van der Waals surface area (Å²) in [6.07, 6.45) is 3.05. The maximum absolute atomic E-state index is 12.9. The van der Waals surface area contributed by atoms with E-state index in [4.69, 9.17) is 10.5 Å². The summed E-state index contributed by atoms with van der Waals surface area (Å²) in [5, 5.41) is 15.5. The number of nitrogen functional groups attached to an aromatic ring is 1. The Bertz CT molecular complexity index is 983. The molecule has 132 valence electrons. The molecule has 9 heteroatoms. The number of ether oxygens (including phenoxy) is 1. The van der Waals surface area contributed by atoms with Crippen molar-refractivity contribution in [2.45, 2.75) is 6.92 Å². The zero-order valence-electron chi connectivity index (χ0n) is 13.7. The van der Waals surface area contributed by atoms with Gasteiger partial charge in [0.25, 0.3) is 0 Å². The number of imidazole rings is 1. The molecule has 1 heterocycles. The molecule has 2 aromatic carbocycles. The largest absolute Gasteiger partial charge is 0.450 e. The van der Waals surface area contributed by atoms with E-state index in [0.29, 0.717) is 11.3 Å². The third kappa shape index (κ3) is 3.83. The first-order chi connectivity index (χ1) is 12.4. The van der Waals surface area contributed by atoms with Gasteiger partial charge >= 0.3 is 5.69 Å². The monoisotopic (exact) mass is 355 g/mol. The molecule has 1 aromatic heterocycles. The maximum Gasteiger partial charge on any atom is 0.312 e. The molecule has 0 aliphatic rings. The summed E-state index contributed by atoms with van der Waals surface area (Å²) in [6, 6.07) is 9.57. The van der Waals surface area contributed by atoms with Crippen LogP contribution in [0.3, 0.4) is 0 Å². The number of nitrogens with two attached hydrogens (primary N) is 1. The molecule has 0 fully saturated rings. The minimum absolute atomic E-state index is 0.0387. The molecule has 26 heavy (non-hydrogen) atoms. The Balaban J connectivity index is 1.87. The molecular weight excluding hydrogens is 341 g/mol. The van der Waals surface area contributed by atoms with Crippen molar-refractivity contribution in [3.63, 3.8) is 0 Å². The number of nitro benzene ring substituents is 1. The van der Waals surface area contributed by atoms with Crippen LogP contribution in [0.4, 0.5) is 16.0 Å². The fourth-order valence-corrected chi connectivity index (χ4v) is 2.20. The summed E-state index contributed by atoms with van der Waals surface area (Å²) in [4.78, 5) is 14.8. The van der Waals surface area contributed by atoms with Crippen LogP contribution in [0, 0.1) is 22.9 Å². The van der Waals surface area contributed by atoms with E-state index < -0.39 is 10.7 Å². The number of nitro groups is 1. The first-order valence-electron chi connectivity index (χ1n) is 7.50. The van der Waals surface area contributed by atoms with Gasteiger partial charge in [0.05, 0.1) is 23.0 Å². The summed E-state index contributed by atoms with van der Waals surface area (Å²) in [6.45, 7) is 1.77. The number of rotatable bonds is 5. The van der Waals surface area contributed by atoms with Gasteiger partial charge in [0.2, 0.25) is 11.7 Å². The van der Waals surface area contributed by atoms with Gasteiger partial charge in [-0.2, -0.15) is 5.10 Å². The lowest BCUT2D eigenvalue weighted by Gasteiger charge is -2.07. The van der Waals surface area contributed by atoms with E-state index in [1.807, 2.05) is 0 Å². The van der Waals surface area contributed by atoms with Gasteiger partial charge in [-0.05, 0) is 43.3 Å². The van der Waals surface area contributed by atoms with Gasteiger partial charge in [0.1, 0.15) is 11.6 Å². The van der Waals surface area contributed by atoms with Crippen molar-refractivity contribution in [3.05, 3.63) is 75.9 Å². The number of benzene rings is 2. The van der Waals surface area contributed by atoms with Crippen LogP contribution in [-0.2, 0) is 0 Å². The predicted molar refractivity (Wildman–Crippen MR) is 93.9 cm³/mol. The average molecular weight is 355 g/mol. The van der Waals surface area contributed by atoms with Crippen molar-refractivity contribution in [1.29, 1.82) is 0 Å². The van der Waals surface area contributed by atoms with Gasteiger partial charge in [-0.1, -0.05) is 0 Å². The molecule has 0 atom stereocenters. The van der Waals surface area contributed by atoms with Crippen LogP contribution in [0.1, 0.15) is 11.3 Å². The van der Waals surface area contributed by atoms with Gasteiger partial charge < -0.3 is 10.5 Å². The van der Waals surface area contributed by atoms with Crippen LogP contribution in [0.2, 0.25) is 0 Å². The molecule has 8 nitrogen and oxygen atoms in total. The zero-order chi connectivity index (χ0) is 18.7. The quantitative estimate of drug-likeness (QED) is 0.428. The van der Waals surface area contributed by atoms with Crippen molar-refractivity contribution < 1.29 is 14.1 Å². The van der Waals surface area contributed by atoms with Gasteiger partial charge in [0, 0.05) is 11.6 Å². The van der Waals surface area contributed by atoms with Crippen LogP contribution in [-0.4, -0.2) is 20.8 Å². The van der Waals surface area contributed by atoms with Gasteiger partial charge in [0.15, 0.2) is 0 Å². The maximum atomic E-state index is 12.9. The second-order valence-electron chi connectivity index (χ2n) is 5.37. The smallest absolute Gasteiger partial charge is 0.312 e. The van der Waals surface area contributed by atoms with Crippen LogP contribution in [0.15, 0.2) is 53.8 Å². The van der Waals surface area contributed by atoms with Crippen LogP contribution >= 0.6 is 0 Å². The molecule has 3 aromatic rings. The first-order valence-corrected chi connectivity index (χ1v) is 7.50. The Hall–Kier alpha value is -3.75. The Morgan fingerprint density at radius 3 is 2.65 bits per heavy atom. The second kappa shape index (κ2) is 7.01. The summed E-state index contributed by atoms with van der Waals surface area (Å²) in [5.74, 6) is 0.117. The van der Waals surface area contributed by atoms with Crippen molar-refractivity contribution in [2.24, 2.45) is 5.10 Å². The molecule has 0 radical (unpaired) electrons. The number of hydrogen-bond donors (Lipinski definition) is 1. The minimum Gasteiger partial charge on any atom is -0.450 e. The van der Waals surface area contributed by atoms with E-state index >= 15 is 0 Å². The minimum atomic E-state index is -0.564. The summed E-state index contributed by atoms with van der Waals surface area (Å²) in [5.41, 5.74) is 6.63. The molecule has 3 rings (SSSR count). The molecule has 0 amide bonds. The molecule has 0 spiro atoms. The lowest BCUT2D eigenvalue weighted by atomic mass is 10.2. The fourth-order valence-electron chi connectivity index (χ4n) is 2.20. The number of hydrogen-bond acceptors (Lipinski definition) is 6. The third-order valence-electron chi connectivity index (χ3n) is 3.39. The normalized spacial score (nSPS) is 11.0. The third-order valence-corrected chi connectivity index (χ3v) is 3.39. The first kappa shape index (κ1) is 17.1. The zero-order valence-corrected chi connectivity index (χ0v) is 13.7. The molecule has 2 N–H and O–H groups in total. The molecule has 0 saturated heterocycles. The molecular formula is C17H14FN5O3. The average Bonchev–Trinajstić information content (AvgIpc) is 2.93.